The van der Waals surface area contributed by atoms with E-state index in [1.165, 1.54) is 12.4 Å². The van der Waals surface area contributed by atoms with Gasteiger partial charge in [0.05, 0.1) is 41.7 Å². The third-order valence-corrected chi connectivity index (χ3v) is 16.2. The Morgan fingerprint density at radius 3 is 1.41 bits per heavy atom. The number of alkyl carbamates (subject to hydrolysis) is 2. The standard InChI is InChI=1S/C24H23ClFN5O2.C18H12ClFN4O2S.3C7H15NO2.2C4H7N/c1-31-11-15(32-2)9-14(31)12-33-24-29-22-17(23(27)30-24)10-28-21(20(22)26)16-7-3-5-13-6-4-8-18(25)19(13)16;1-27(25,26)18-23-16-11(17(21)24-18)8-22-15(14(16)20)10-6-2-4-9-5-3-7-12(19)13(9)10;1-8-4-7(10-2)3-6(8)5-9;2*1-5-8-6(9)10-7(2,3)4;2*1-2-3-4-5/h3-8,10,14-15H,9,11-12H2,1-2H3,(H2,27,29,30);2-8H,1H3,(H2,21,23,24);6-7,9H,3-5H2,1-2H3;2*5H2,1-4H3,(H,8,9);2*2-3H2,1H3/t14-,15+;;6-,7+;;;;/m0.0..../s1. The van der Waals surface area contributed by atoms with Crippen LogP contribution in [0, 0.1) is 34.3 Å². The first-order valence-corrected chi connectivity index (χ1v) is 35.1. The number of halogens is 4. The quantitative estimate of drug-likeness (QED) is 0.0669. The van der Waals surface area contributed by atoms with E-state index in [2.05, 4.69) is 50.3 Å². The second-order valence-corrected chi connectivity index (χ2v) is 27.7. The van der Waals surface area contributed by atoms with Crippen molar-refractivity contribution in [3.8, 4) is 40.7 Å². The minimum absolute atomic E-state index is 0.00116. The van der Waals surface area contributed by atoms with E-state index in [0.29, 0.717) is 76.6 Å². The summed E-state index contributed by atoms with van der Waals surface area (Å²) in [6, 6.07) is 26.3. The molecule has 0 bridgehead atoms. The molecule has 8 aromatic rings. The number of sulfone groups is 1. The predicted molar refractivity (Wildman–Crippen MR) is 390 cm³/mol. The summed E-state index contributed by atoms with van der Waals surface area (Å²) in [6.45, 7) is 22.3. The largest absolute Gasteiger partial charge is 0.462 e. The van der Waals surface area contributed by atoms with Crippen molar-refractivity contribution in [1.82, 2.24) is 50.3 Å². The number of hydrogen-bond donors (Lipinski definition) is 5. The van der Waals surface area contributed by atoms with Crippen molar-refractivity contribution >= 4 is 100 Å². The maximum absolute atomic E-state index is 15.7. The topological polar surface area (TPSA) is 342 Å². The van der Waals surface area contributed by atoms with Gasteiger partial charge in [-0.15, -0.1) is 0 Å². The van der Waals surface area contributed by atoms with Crippen LogP contribution in [0.25, 0.3) is 65.9 Å². The van der Waals surface area contributed by atoms with Gasteiger partial charge in [-0.1, -0.05) is 97.7 Å². The molecule has 2 saturated heterocycles. The number of ether oxygens (including phenoxy) is 5. The zero-order valence-electron chi connectivity index (χ0n) is 59.5. The highest BCUT2D eigenvalue weighted by atomic mass is 35.5. The Hall–Kier alpha value is -8.51. The van der Waals surface area contributed by atoms with Crippen molar-refractivity contribution in [3.63, 3.8) is 0 Å². The maximum atomic E-state index is 15.7. The van der Waals surface area contributed by atoms with Crippen LogP contribution >= 0.6 is 23.2 Å². The summed E-state index contributed by atoms with van der Waals surface area (Å²) in [4.78, 5) is 50.4. The molecular formula is C71H94Cl2F2N14O10S. The summed E-state index contributed by atoms with van der Waals surface area (Å²) >= 11 is 12.8. The molecule has 100 heavy (non-hydrogen) atoms. The van der Waals surface area contributed by atoms with Gasteiger partial charge in [-0.3, -0.25) is 19.8 Å². The Kier molecular flexibility index (Phi) is 33.6. The van der Waals surface area contributed by atoms with E-state index in [-0.39, 0.29) is 87.6 Å². The number of unbranched alkanes of at least 4 members (excludes halogenated alkanes) is 2. The molecule has 0 saturated carbocycles. The molecule has 4 aromatic heterocycles. The van der Waals surface area contributed by atoms with Crippen molar-refractivity contribution in [2.45, 2.75) is 148 Å². The van der Waals surface area contributed by atoms with Crippen molar-refractivity contribution in [2.24, 2.45) is 0 Å². The number of hydrogen-bond acceptors (Lipinski definition) is 22. The number of aromatic nitrogens is 6. The molecule has 542 valence electrons. The number of nitrogens with one attached hydrogen (secondary N) is 2. The molecular weight excluding hydrogens is 1350 g/mol. The number of benzene rings is 4. The minimum atomic E-state index is -3.76. The number of nitrogens with two attached hydrogens (primary N) is 2. The van der Waals surface area contributed by atoms with Crippen molar-refractivity contribution in [1.29, 1.82) is 10.5 Å². The second kappa shape index (κ2) is 40.1. The van der Waals surface area contributed by atoms with E-state index in [4.69, 9.17) is 74.0 Å². The average molecular weight is 1440 g/mol. The molecule has 0 spiro atoms. The lowest BCUT2D eigenvalue weighted by Crippen LogP contribution is -2.32. The minimum Gasteiger partial charge on any atom is -0.462 e. The molecule has 4 aromatic carbocycles. The summed E-state index contributed by atoms with van der Waals surface area (Å²) in [7, 11) is 3.68. The normalized spacial score (nSPS) is 15.8. The summed E-state index contributed by atoms with van der Waals surface area (Å²) in [5, 5.41) is 33.5. The second-order valence-electron chi connectivity index (χ2n) is 25.0. The van der Waals surface area contributed by atoms with Gasteiger partial charge in [-0.2, -0.15) is 20.5 Å². The molecule has 4 atom stereocenters. The van der Waals surface area contributed by atoms with Gasteiger partial charge in [0, 0.05) is 116 Å². The van der Waals surface area contributed by atoms with Gasteiger partial charge in [0.15, 0.2) is 11.6 Å². The van der Waals surface area contributed by atoms with Crippen LogP contribution in [0.4, 0.5) is 30.0 Å². The van der Waals surface area contributed by atoms with Crippen molar-refractivity contribution in [2.75, 3.05) is 85.4 Å². The number of pyridine rings is 2. The van der Waals surface area contributed by atoms with E-state index in [0.717, 1.165) is 61.2 Å². The number of aliphatic hydroxyl groups is 1. The van der Waals surface area contributed by atoms with Crippen molar-refractivity contribution in [3.05, 3.63) is 107 Å². The molecule has 7 N–H and O–H groups in total. The number of fused-ring (bicyclic) bond motifs is 4. The third-order valence-electron chi connectivity index (χ3n) is 14.7. The molecule has 0 unspecified atom stereocenters. The highest BCUT2D eigenvalue weighted by Gasteiger charge is 2.31. The molecule has 6 heterocycles. The smallest absolute Gasteiger partial charge is 0.407 e. The van der Waals surface area contributed by atoms with E-state index in [1.807, 2.05) is 132 Å². The number of likely N-dealkylation sites (tertiary alicyclic amines) is 2. The molecule has 2 aliphatic rings. The molecule has 24 nitrogen and oxygen atoms in total. The Morgan fingerprint density at radius 2 is 1.06 bits per heavy atom. The monoisotopic (exact) mass is 1440 g/mol. The van der Waals surface area contributed by atoms with E-state index >= 15 is 8.78 Å². The van der Waals surface area contributed by atoms with Gasteiger partial charge in [0.2, 0.25) is 15.0 Å². The van der Waals surface area contributed by atoms with Crippen LogP contribution in [0.5, 0.6) is 6.01 Å². The number of anilines is 2. The molecule has 29 heteroatoms. The van der Waals surface area contributed by atoms with Gasteiger partial charge in [-0.05, 0) is 118 Å². The van der Waals surface area contributed by atoms with E-state index < -0.39 is 26.6 Å². The number of aliphatic hydroxyl groups excluding tert-OH is 1. The van der Waals surface area contributed by atoms with Crippen LogP contribution in [0.1, 0.15) is 108 Å². The Labute approximate surface area is 595 Å². The van der Waals surface area contributed by atoms with E-state index in [9.17, 15) is 18.0 Å². The fourth-order valence-corrected chi connectivity index (χ4v) is 10.9. The Morgan fingerprint density at radius 1 is 0.660 bits per heavy atom. The van der Waals surface area contributed by atoms with Crippen LogP contribution < -0.4 is 26.8 Å². The number of methoxy groups -OCH3 is 2. The van der Waals surface area contributed by atoms with Crippen LogP contribution in [0.2, 0.25) is 10.0 Å². The van der Waals surface area contributed by atoms with Gasteiger partial charge < -0.3 is 50.9 Å². The molecule has 0 aliphatic carbocycles. The fraction of sp³-hybridized carbons (Fsp3) is 0.465. The van der Waals surface area contributed by atoms with Gasteiger partial charge in [0.25, 0.3) is 0 Å². The average Bonchev–Trinajstić information content (AvgIpc) is 0.962. The van der Waals surface area contributed by atoms with E-state index in [1.54, 1.807) is 50.6 Å². The number of nitrogens with zero attached hydrogens (tertiary/aromatic N) is 10. The van der Waals surface area contributed by atoms with Crippen LogP contribution in [-0.4, -0.2) is 175 Å². The molecule has 2 aliphatic heterocycles. The maximum Gasteiger partial charge on any atom is 0.407 e. The summed E-state index contributed by atoms with van der Waals surface area (Å²) < 4.78 is 80.9. The first-order valence-electron chi connectivity index (χ1n) is 32.4. The molecule has 2 fully saturated rings. The van der Waals surface area contributed by atoms with Crippen molar-refractivity contribution < 1.29 is 55.6 Å². The molecule has 10 rings (SSSR count). The van der Waals surface area contributed by atoms with Crippen LogP contribution in [0.15, 0.2) is 90.3 Å². The Balaban J connectivity index is 0.000000280. The zero-order chi connectivity index (χ0) is 74.7. The van der Waals surface area contributed by atoms with Gasteiger partial charge in [-0.25, -0.2) is 36.8 Å². The predicted octanol–water partition coefficient (Wildman–Crippen LogP) is 13.3. The lowest BCUT2D eigenvalue weighted by Gasteiger charge is -2.19. The number of likely N-dealkylation sites (N-methyl/N-ethyl adjacent to an activating group) is 2. The summed E-state index contributed by atoms with van der Waals surface area (Å²) in [5.74, 6) is -1.44. The highest BCUT2D eigenvalue weighted by Crippen LogP contribution is 2.38. The Bertz CT molecular complexity index is 4160. The summed E-state index contributed by atoms with van der Waals surface area (Å²) in [6.07, 6.45) is 8.66. The lowest BCUT2D eigenvalue weighted by atomic mass is 10.0. The number of nitrogen functional groups attached to an aromatic ring is 2. The molecule has 0 radical (unpaired) electrons. The number of nitriles is 2. The number of rotatable bonds is 13. The van der Waals surface area contributed by atoms with Gasteiger partial charge in [0.1, 0.15) is 51.9 Å². The SMILES string of the molecule is CCCC#N.CCCC#N.CCNC(=O)OC(C)(C)C.CCNC(=O)OC(C)(C)C.CO[C@@H]1C[C@@H](CO)N(C)C1.CO[C@@H]1C[C@@H](COc2nc(N)c3cnc(-c4cccc5cccc(Cl)c45)c(F)c3n2)N(C)C1.CS(=O)(=O)c1nc(N)c2cnc(-c3cccc4cccc(Cl)c34)c(F)c2n1. The third kappa shape index (κ3) is 25.3. The fourth-order valence-electron chi connectivity index (χ4n) is 9.83. The number of carbonyl (C=O) groups is 2. The summed E-state index contributed by atoms with van der Waals surface area (Å²) in [5.41, 5.74) is 12.1. The van der Waals surface area contributed by atoms with Crippen LogP contribution in [-0.2, 0) is 28.8 Å². The van der Waals surface area contributed by atoms with Gasteiger partial charge >= 0.3 is 18.2 Å². The lowest BCUT2D eigenvalue weighted by molar-refractivity contribution is 0.0519. The van der Waals surface area contributed by atoms with Crippen LogP contribution in [0.3, 0.4) is 0 Å². The highest BCUT2D eigenvalue weighted by molar-refractivity contribution is 7.90. The first-order chi connectivity index (χ1) is 47.2. The number of carbonyl (C=O) groups excluding carboxylic acids is 2. The number of amides is 2. The zero-order valence-corrected chi connectivity index (χ0v) is 61.9. The molecule has 2 amide bonds. The first kappa shape index (κ1) is 83.9.